The second-order valence-corrected chi connectivity index (χ2v) is 4.41. The molecule has 0 fully saturated rings. The van der Waals surface area contributed by atoms with Gasteiger partial charge in [-0.05, 0) is 25.0 Å². The fourth-order valence-corrected chi connectivity index (χ4v) is 1.28. The van der Waals surface area contributed by atoms with Crippen molar-refractivity contribution in [3.8, 4) is 5.75 Å². The van der Waals surface area contributed by atoms with E-state index in [2.05, 4.69) is 26.1 Å². The second kappa shape index (κ2) is 6.55. The number of hydrogen-bond acceptors (Lipinski definition) is 2. The molecule has 0 saturated heterocycles. The quantitative estimate of drug-likeness (QED) is 0.775. The minimum atomic E-state index is -0.665. The van der Waals surface area contributed by atoms with Gasteiger partial charge >= 0.3 is 0 Å². The van der Waals surface area contributed by atoms with Crippen molar-refractivity contribution in [1.29, 1.82) is 0 Å². The molecule has 0 radical (unpaired) electrons. The van der Waals surface area contributed by atoms with E-state index in [1.165, 1.54) is 12.1 Å². The first-order chi connectivity index (χ1) is 8.00. The third-order valence-corrected chi connectivity index (χ3v) is 2.72. The average molecular weight is 243 g/mol. The maximum Gasteiger partial charge on any atom is 0.167 e. The highest BCUT2D eigenvalue weighted by molar-refractivity contribution is 5.24. The lowest BCUT2D eigenvalue weighted by Crippen LogP contribution is -2.33. The predicted molar refractivity (Wildman–Crippen MR) is 64.2 cm³/mol. The van der Waals surface area contributed by atoms with Gasteiger partial charge in [0.15, 0.2) is 11.6 Å². The molecule has 0 aliphatic carbocycles. The first-order valence-corrected chi connectivity index (χ1v) is 5.82. The molecule has 0 aromatic heterocycles. The first-order valence-electron chi connectivity index (χ1n) is 5.82. The minimum Gasteiger partial charge on any atom is -0.489 e. The molecule has 17 heavy (non-hydrogen) atoms. The SMILES string of the molecule is CC(C)C(C)NCCOc1ccc(F)cc1F. The lowest BCUT2D eigenvalue weighted by Gasteiger charge is -2.17. The van der Waals surface area contributed by atoms with Gasteiger partial charge in [-0.15, -0.1) is 0 Å². The second-order valence-electron chi connectivity index (χ2n) is 4.41. The van der Waals surface area contributed by atoms with Gasteiger partial charge < -0.3 is 10.1 Å². The fourth-order valence-electron chi connectivity index (χ4n) is 1.28. The first kappa shape index (κ1) is 13.9. The van der Waals surface area contributed by atoms with Gasteiger partial charge in [0.25, 0.3) is 0 Å². The zero-order valence-electron chi connectivity index (χ0n) is 10.5. The summed E-state index contributed by atoms with van der Waals surface area (Å²) in [6.45, 7) is 7.33. The summed E-state index contributed by atoms with van der Waals surface area (Å²) in [5, 5.41) is 3.26. The molecule has 0 heterocycles. The van der Waals surface area contributed by atoms with E-state index in [1.54, 1.807) is 0 Å². The van der Waals surface area contributed by atoms with Crippen LogP contribution in [0.2, 0.25) is 0 Å². The highest BCUT2D eigenvalue weighted by Gasteiger charge is 2.07. The molecule has 0 saturated carbocycles. The molecule has 1 N–H and O–H groups in total. The van der Waals surface area contributed by atoms with Crippen LogP contribution in [0.15, 0.2) is 18.2 Å². The monoisotopic (exact) mass is 243 g/mol. The smallest absolute Gasteiger partial charge is 0.167 e. The Kier molecular flexibility index (Phi) is 5.35. The zero-order valence-corrected chi connectivity index (χ0v) is 10.5. The average Bonchev–Trinajstić information content (AvgIpc) is 2.26. The molecule has 1 aromatic carbocycles. The fraction of sp³-hybridized carbons (Fsp3) is 0.538. The van der Waals surface area contributed by atoms with E-state index in [0.29, 0.717) is 25.1 Å². The molecule has 0 spiro atoms. The van der Waals surface area contributed by atoms with E-state index >= 15 is 0 Å². The maximum absolute atomic E-state index is 13.2. The van der Waals surface area contributed by atoms with Crippen molar-refractivity contribution >= 4 is 0 Å². The Morgan fingerprint density at radius 1 is 1.24 bits per heavy atom. The van der Waals surface area contributed by atoms with E-state index in [4.69, 9.17) is 4.74 Å². The summed E-state index contributed by atoms with van der Waals surface area (Å²) < 4.78 is 31.0. The standard InChI is InChI=1S/C13H19F2NO/c1-9(2)10(3)16-6-7-17-13-5-4-11(14)8-12(13)15/h4-5,8-10,16H,6-7H2,1-3H3. The van der Waals surface area contributed by atoms with Crippen molar-refractivity contribution in [1.82, 2.24) is 5.32 Å². The van der Waals surface area contributed by atoms with E-state index in [1.807, 2.05) is 0 Å². The van der Waals surface area contributed by atoms with Crippen molar-refractivity contribution in [3.05, 3.63) is 29.8 Å². The summed E-state index contributed by atoms with van der Waals surface area (Å²) in [6, 6.07) is 3.69. The summed E-state index contributed by atoms with van der Waals surface area (Å²) in [7, 11) is 0. The third-order valence-electron chi connectivity index (χ3n) is 2.72. The van der Waals surface area contributed by atoms with Gasteiger partial charge in [-0.3, -0.25) is 0 Å². The van der Waals surface area contributed by atoms with E-state index < -0.39 is 11.6 Å². The molecular formula is C13H19F2NO. The summed E-state index contributed by atoms with van der Waals surface area (Å²) in [6.07, 6.45) is 0. The summed E-state index contributed by atoms with van der Waals surface area (Å²) in [5.41, 5.74) is 0. The van der Waals surface area contributed by atoms with Crippen LogP contribution in [0.3, 0.4) is 0 Å². The van der Waals surface area contributed by atoms with E-state index in [-0.39, 0.29) is 5.75 Å². The summed E-state index contributed by atoms with van der Waals surface area (Å²) in [4.78, 5) is 0. The number of hydrogen-bond donors (Lipinski definition) is 1. The van der Waals surface area contributed by atoms with Crippen LogP contribution in [-0.2, 0) is 0 Å². The molecule has 2 nitrogen and oxygen atoms in total. The Labute approximate surface area is 101 Å². The Morgan fingerprint density at radius 3 is 2.53 bits per heavy atom. The van der Waals surface area contributed by atoms with Crippen molar-refractivity contribution < 1.29 is 13.5 Å². The molecule has 4 heteroatoms. The van der Waals surface area contributed by atoms with Crippen LogP contribution >= 0.6 is 0 Å². The van der Waals surface area contributed by atoms with Crippen LogP contribution < -0.4 is 10.1 Å². The highest BCUT2D eigenvalue weighted by Crippen LogP contribution is 2.17. The molecule has 1 atom stereocenters. The summed E-state index contributed by atoms with van der Waals surface area (Å²) >= 11 is 0. The van der Waals surface area contributed by atoms with Crippen LogP contribution in [0.25, 0.3) is 0 Å². The van der Waals surface area contributed by atoms with Crippen molar-refractivity contribution in [2.24, 2.45) is 5.92 Å². The lowest BCUT2D eigenvalue weighted by atomic mass is 10.1. The van der Waals surface area contributed by atoms with Gasteiger partial charge in [0, 0.05) is 18.7 Å². The molecule has 1 unspecified atom stereocenters. The predicted octanol–water partition coefficient (Wildman–Crippen LogP) is 2.98. The van der Waals surface area contributed by atoms with Gasteiger partial charge in [0.2, 0.25) is 0 Å². The molecule has 0 bridgehead atoms. The Balaban J connectivity index is 2.31. The van der Waals surface area contributed by atoms with Gasteiger partial charge in [0.05, 0.1) is 0 Å². The van der Waals surface area contributed by atoms with Gasteiger partial charge in [-0.1, -0.05) is 13.8 Å². The Bertz CT molecular complexity index is 355. The van der Waals surface area contributed by atoms with Gasteiger partial charge in [-0.2, -0.15) is 0 Å². The van der Waals surface area contributed by atoms with Crippen LogP contribution in [0, 0.1) is 17.6 Å². The highest BCUT2D eigenvalue weighted by atomic mass is 19.1. The van der Waals surface area contributed by atoms with Crippen molar-refractivity contribution in [2.45, 2.75) is 26.8 Å². The molecule has 0 amide bonds. The number of halogens is 2. The minimum absolute atomic E-state index is 0.0883. The van der Waals surface area contributed by atoms with Crippen molar-refractivity contribution in [3.63, 3.8) is 0 Å². The Morgan fingerprint density at radius 2 is 1.94 bits per heavy atom. The largest absolute Gasteiger partial charge is 0.489 e. The molecule has 1 aromatic rings. The zero-order chi connectivity index (χ0) is 12.8. The molecule has 1 rings (SSSR count). The van der Waals surface area contributed by atoms with Crippen LogP contribution in [-0.4, -0.2) is 19.2 Å². The third kappa shape index (κ3) is 4.69. The van der Waals surface area contributed by atoms with Crippen molar-refractivity contribution in [2.75, 3.05) is 13.2 Å². The maximum atomic E-state index is 13.2. The van der Waals surface area contributed by atoms with E-state index in [0.717, 1.165) is 6.07 Å². The topological polar surface area (TPSA) is 21.3 Å². The number of nitrogens with one attached hydrogen (secondary N) is 1. The lowest BCUT2D eigenvalue weighted by molar-refractivity contribution is 0.284. The molecular weight excluding hydrogens is 224 g/mol. The number of ether oxygens (including phenoxy) is 1. The number of benzene rings is 1. The summed E-state index contributed by atoms with van der Waals surface area (Å²) in [5.74, 6) is -0.633. The van der Waals surface area contributed by atoms with Gasteiger partial charge in [-0.25, -0.2) is 8.78 Å². The van der Waals surface area contributed by atoms with Crippen LogP contribution in [0.5, 0.6) is 5.75 Å². The molecule has 96 valence electrons. The van der Waals surface area contributed by atoms with Crippen LogP contribution in [0.1, 0.15) is 20.8 Å². The molecule has 0 aliphatic rings. The normalized spacial score (nSPS) is 12.8. The Hall–Kier alpha value is -1.16. The van der Waals surface area contributed by atoms with Gasteiger partial charge in [0.1, 0.15) is 12.4 Å². The number of rotatable bonds is 6. The van der Waals surface area contributed by atoms with Crippen LogP contribution in [0.4, 0.5) is 8.78 Å². The molecule has 0 aliphatic heterocycles. The van der Waals surface area contributed by atoms with E-state index in [9.17, 15) is 8.78 Å².